The molecule has 0 amide bonds. The van der Waals surface area contributed by atoms with Crippen molar-refractivity contribution < 1.29 is 15.0 Å². The molecule has 0 aromatic heterocycles. The zero-order valence-corrected chi connectivity index (χ0v) is 8.85. The van der Waals surface area contributed by atoms with E-state index in [1.54, 1.807) is 0 Å². The lowest BCUT2D eigenvalue weighted by atomic mass is 10.1. The Bertz CT molecular complexity index is 224. The minimum atomic E-state index is -0.932. The van der Waals surface area contributed by atoms with Gasteiger partial charge in [0, 0.05) is 12.6 Å². The molecule has 4 heteroatoms. The maximum atomic E-state index is 10.4. The van der Waals surface area contributed by atoms with Gasteiger partial charge in [-0.05, 0) is 37.5 Å². The van der Waals surface area contributed by atoms with Crippen LogP contribution in [0.3, 0.4) is 0 Å². The summed E-state index contributed by atoms with van der Waals surface area (Å²) in [7, 11) is 0. The van der Waals surface area contributed by atoms with E-state index in [1.807, 2.05) is 0 Å². The second-order valence-corrected chi connectivity index (χ2v) is 4.86. The summed E-state index contributed by atoms with van der Waals surface area (Å²) in [5.74, 6) is 0.641. The van der Waals surface area contributed by atoms with E-state index in [2.05, 4.69) is 5.32 Å². The molecule has 0 saturated heterocycles. The molecule has 1 unspecified atom stereocenters. The maximum Gasteiger partial charge on any atom is 0.306 e. The number of nitrogens with one attached hydrogen (secondary N) is 1. The van der Waals surface area contributed by atoms with Gasteiger partial charge in [-0.15, -0.1) is 0 Å². The number of aliphatic carboxylic acids is 1. The Balaban J connectivity index is 1.68. The van der Waals surface area contributed by atoms with Crippen LogP contribution in [0.5, 0.6) is 0 Å². The molecule has 3 N–H and O–H groups in total. The van der Waals surface area contributed by atoms with Gasteiger partial charge in [0.25, 0.3) is 0 Å². The predicted molar refractivity (Wildman–Crippen MR) is 55.5 cm³/mol. The van der Waals surface area contributed by atoms with Crippen molar-refractivity contribution in [1.29, 1.82) is 0 Å². The normalized spacial score (nSPS) is 23.1. The Hall–Kier alpha value is -0.610. The van der Waals surface area contributed by atoms with Gasteiger partial charge in [-0.3, -0.25) is 4.79 Å². The van der Waals surface area contributed by atoms with Crippen LogP contribution < -0.4 is 5.32 Å². The molecule has 15 heavy (non-hydrogen) atoms. The topological polar surface area (TPSA) is 69.6 Å². The second-order valence-electron chi connectivity index (χ2n) is 4.86. The highest BCUT2D eigenvalue weighted by atomic mass is 16.4. The highest BCUT2D eigenvalue weighted by Gasteiger charge is 2.41. The van der Waals surface area contributed by atoms with Crippen LogP contribution in [0.2, 0.25) is 0 Å². The number of carboxylic acids is 1. The fourth-order valence-electron chi connectivity index (χ4n) is 2.17. The van der Waals surface area contributed by atoms with Crippen molar-refractivity contribution in [2.75, 3.05) is 6.54 Å². The average molecular weight is 213 g/mol. The van der Waals surface area contributed by atoms with Crippen molar-refractivity contribution in [2.24, 2.45) is 11.8 Å². The molecule has 0 spiro atoms. The van der Waals surface area contributed by atoms with Crippen molar-refractivity contribution in [3.8, 4) is 0 Å². The Kier molecular flexibility index (Phi) is 3.26. The molecule has 4 nitrogen and oxygen atoms in total. The molecule has 0 aromatic rings. The summed E-state index contributed by atoms with van der Waals surface area (Å²) in [6.45, 7) is 0.421. The molecule has 0 heterocycles. The molecule has 0 aromatic carbocycles. The van der Waals surface area contributed by atoms with Crippen molar-refractivity contribution in [3.05, 3.63) is 0 Å². The molecule has 0 radical (unpaired) electrons. The minimum absolute atomic E-state index is 0.158. The van der Waals surface area contributed by atoms with E-state index in [-0.39, 0.29) is 6.42 Å². The van der Waals surface area contributed by atoms with Gasteiger partial charge in [-0.2, -0.15) is 0 Å². The molecule has 86 valence electrons. The Morgan fingerprint density at radius 3 is 2.20 bits per heavy atom. The second kappa shape index (κ2) is 4.49. The first-order valence-corrected chi connectivity index (χ1v) is 5.80. The SMILES string of the molecule is O=C(O)CC(O)CNC(C1CC1)C1CC1. The lowest BCUT2D eigenvalue weighted by molar-refractivity contribution is -0.139. The number of carboxylic acid groups (broad SMARTS) is 1. The van der Waals surface area contributed by atoms with E-state index in [4.69, 9.17) is 5.11 Å². The van der Waals surface area contributed by atoms with E-state index in [9.17, 15) is 9.90 Å². The number of hydrogen-bond acceptors (Lipinski definition) is 3. The Morgan fingerprint density at radius 2 is 1.80 bits per heavy atom. The molecule has 2 saturated carbocycles. The van der Waals surface area contributed by atoms with Gasteiger partial charge in [0.05, 0.1) is 12.5 Å². The van der Waals surface area contributed by atoms with Gasteiger partial charge in [0.1, 0.15) is 0 Å². The van der Waals surface area contributed by atoms with Crippen LogP contribution in [0, 0.1) is 11.8 Å². The van der Waals surface area contributed by atoms with Crippen LogP contribution in [0.25, 0.3) is 0 Å². The third-order valence-corrected chi connectivity index (χ3v) is 3.26. The third-order valence-electron chi connectivity index (χ3n) is 3.26. The summed E-state index contributed by atoms with van der Waals surface area (Å²) in [5, 5.41) is 21.3. The molecule has 2 fully saturated rings. The average Bonchev–Trinajstić information content (AvgIpc) is 2.99. The molecular formula is C11H19NO3. The number of aliphatic hydroxyl groups is 1. The van der Waals surface area contributed by atoms with E-state index >= 15 is 0 Å². The zero-order valence-electron chi connectivity index (χ0n) is 8.85. The lowest BCUT2D eigenvalue weighted by Gasteiger charge is -2.19. The summed E-state index contributed by atoms with van der Waals surface area (Å²) in [4.78, 5) is 10.4. The molecule has 2 aliphatic carbocycles. The summed E-state index contributed by atoms with van der Waals surface area (Å²) in [5.41, 5.74) is 0. The molecule has 2 rings (SSSR count). The number of carbonyl (C=O) groups is 1. The smallest absolute Gasteiger partial charge is 0.306 e. The zero-order chi connectivity index (χ0) is 10.8. The third kappa shape index (κ3) is 3.47. The van der Waals surface area contributed by atoms with Crippen molar-refractivity contribution >= 4 is 5.97 Å². The Labute approximate surface area is 89.7 Å². The van der Waals surface area contributed by atoms with Crippen molar-refractivity contribution in [2.45, 2.75) is 44.2 Å². The van der Waals surface area contributed by atoms with Gasteiger partial charge >= 0.3 is 5.97 Å². The number of rotatable bonds is 7. The van der Waals surface area contributed by atoms with E-state index in [0.717, 1.165) is 11.8 Å². The first kappa shape index (κ1) is 10.9. The number of hydrogen-bond donors (Lipinski definition) is 3. The summed E-state index contributed by atoms with van der Waals surface area (Å²) >= 11 is 0. The van der Waals surface area contributed by atoms with Gasteiger partial charge < -0.3 is 15.5 Å². The van der Waals surface area contributed by atoms with E-state index in [0.29, 0.717) is 12.6 Å². The predicted octanol–water partition coefficient (Wildman–Crippen LogP) is 0.600. The number of aliphatic hydroxyl groups excluding tert-OH is 1. The van der Waals surface area contributed by atoms with E-state index < -0.39 is 12.1 Å². The van der Waals surface area contributed by atoms with Crippen LogP contribution in [0.1, 0.15) is 32.1 Å². The first-order valence-electron chi connectivity index (χ1n) is 5.80. The van der Waals surface area contributed by atoms with Gasteiger partial charge in [0.15, 0.2) is 0 Å². The van der Waals surface area contributed by atoms with Crippen LogP contribution in [0.4, 0.5) is 0 Å². The molecule has 1 atom stereocenters. The maximum absolute atomic E-state index is 10.4. The van der Waals surface area contributed by atoms with Gasteiger partial charge in [0.2, 0.25) is 0 Å². The van der Waals surface area contributed by atoms with Crippen LogP contribution >= 0.6 is 0 Å². The summed E-state index contributed by atoms with van der Waals surface area (Å²) < 4.78 is 0. The highest BCUT2D eigenvalue weighted by Crippen LogP contribution is 2.44. The van der Waals surface area contributed by atoms with Gasteiger partial charge in [-0.1, -0.05) is 0 Å². The summed E-state index contributed by atoms with van der Waals surface area (Å²) in [6, 6.07) is 0.536. The first-order chi connectivity index (χ1) is 7.16. The van der Waals surface area contributed by atoms with Crippen molar-refractivity contribution in [1.82, 2.24) is 5.32 Å². The summed E-state index contributed by atoms with van der Waals surface area (Å²) in [6.07, 6.45) is 4.27. The lowest BCUT2D eigenvalue weighted by Crippen LogP contribution is -2.39. The Morgan fingerprint density at radius 1 is 1.27 bits per heavy atom. The van der Waals surface area contributed by atoms with Crippen molar-refractivity contribution in [3.63, 3.8) is 0 Å². The quantitative estimate of drug-likeness (QED) is 0.579. The molecule has 0 aliphatic heterocycles. The monoisotopic (exact) mass is 213 g/mol. The fourth-order valence-corrected chi connectivity index (χ4v) is 2.17. The van der Waals surface area contributed by atoms with Crippen LogP contribution in [-0.2, 0) is 4.79 Å². The highest BCUT2D eigenvalue weighted by molar-refractivity contribution is 5.67. The van der Waals surface area contributed by atoms with Crippen LogP contribution in [-0.4, -0.2) is 34.9 Å². The van der Waals surface area contributed by atoms with E-state index in [1.165, 1.54) is 25.7 Å². The molecule has 0 bridgehead atoms. The standard InChI is InChI=1S/C11H19NO3/c13-9(5-10(14)15)6-12-11(7-1-2-7)8-3-4-8/h7-9,11-13H,1-6H2,(H,14,15). The largest absolute Gasteiger partial charge is 0.481 e. The minimum Gasteiger partial charge on any atom is -0.481 e. The molecule has 2 aliphatic rings. The van der Waals surface area contributed by atoms with Gasteiger partial charge in [-0.25, -0.2) is 0 Å². The van der Waals surface area contributed by atoms with Crippen LogP contribution in [0.15, 0.2) is 0 Å². The molecular weight excluding hydrogens is 194 g/mol. The fraction of sp³-hybridized carbons (Fsp3) is 0.909.